The first-order valence-electron chi connectivity index (χ1n) is 9.65. The second-order valence-corrected chi connectivity index (χ2v) is 9.40. The second kappa shape index (κ2) is 8.46. The minimum absolute atomic E-state index is 0.0675. The van der Waals surface area contributed by atoms with Crippen LogP contribution in [0.1, 0.15) is 36.3 Å². The zero-order valence-electron chi connectivity index (χ0n) is 16.6. The molecular weight excluding hydrogens is 414 g/mol. The van der Waals surface area contributed by atoms with Gasteiger partial charge in [0.05, 0.1) is 17.6 Å². The summed E-state index contributed by atoms with van der Waals surface area (Å²) >= 11 is 2.94. The maximum atomic E-state index is 13.1. The lowest BCUT2D eigenvalue weighted by Crippen LogP contribution is -2.38. The smallest absolute Gasteiger partial charge is 0.219 e. The van der Waals surface area contributed by atoms with Gasteiger partial charge < -0.3 is 5.73 Å². The Labute approximate surface area is 183 Å². The summed E-state index contributed by atoms with van der Waals surface area (Å²) in [6, 6.07) is 10.2. The summed E-state index contributed by atoms with van der Waals surface area (Å²) in [5, 5.41) is 19.1. The minimum Gasteiger partial charge on any atom is -0.384 e. The van der Waals surface area contributed by atoms with E-state index < -0.39 is 5.92 Å². The summed E-state index contributed by atoms with van der Waals surface area (Å²) in [5.41, 5.74) is 10.4. The summed E-state index contributed by atoms with van der Waals surface area (Å²) < 4.78 is 0.793. The van der Waals surface area contributed by atoms with Crippen LogP contribution in [0.2, 0.25) is 0 Å². The van der Waals surface area contributed by atoms with Crippen molar-refractivity contribution in [1.29, 1.82) is 5.26 Å². The fourth-order valence-corrected chi connectivity index (χ4v) is 5.52. The number of allylic oxidation sites excluding steroid dienone is 3. The summed E-state index contributed by atoms with van der Waals surface area (Å²) in [6.07, 6.45) is 3.74. The standard InChI is InChI=1S/C22H21N5OS2/c1-3-11-29-22-26-25-21(30-22)27-16-5-4-6-17(28)19(16)18(15(12-23)20(27)24)14-9-7-13(2)8-10-14/h3,7-10,18H,1,4-6,11,24H2,2H3. The molecule has 30 heavy (non-hydrogen) atoms. The molecule has 4 rings (SSSR count). The molecule has 0 spiro atoms. The van der Waals surface area contributed by atoms with Crippen molar-refractivity contribution >= 4 is 34.0 Å². The fraction of sp³-hybridized carbons (Fsp3) is 0.273. The van der Waals surface area contributed by atoms with Crippen LogP contribution in [0.4, 0.5) is 5.13 Å². The molecule has 1 aromatic heterocycles. The molecule has 1 atom stereocenters. The van der Waals surface area contributed by atoms with Gasteiger partial charge in [0.1, 0.15) is 5.82 Å². The van der Waals surface area contributed by atoms with Gasteiger partial charge in [0.2, 0.25) is 5.13 Å². The van der Waals surface area contributed by atoms with E-state index >= 15 is 0 Å². The summed E-state index contributed by atoms with van der Waals surface area (Å²) in [7, 11) is 0. The monoisotopic (exact) mass is 435 g/mol. The zero-order valence-corrected chi connectivity index (χ0v) is 18.2. The highest BCUT2D eigenvalue weighted by atomic mass is 32.2. The molecular formula is C22H21N5OS2. The molecule has 0 radical (unpaired) electrons. The Morgan fingerprint density at radius 2 is 2.13 bits per heavy atom. The first-order valence-corrected chi connectivity index (χ1v) is 11.4. The Balaban J connectivity index is 1.86. The first-order chi connectivity index (χ1) is 14.5. The molecule has 2 heterocycles. The maximum Gasteiger partial charge on any atom is 0.219 e. The SMILES string of the molecule is C=CCSc1nnc(N2C(N)=C(C#N)C(c3ccc(C)cc3)C3=C2CCCC3=O)s1. The van der Waals surface area contributed by atoms with E-state index in [0.29, 0.717) is 34.9 Å². The van der Waals surface area contributed by atoms with Crippen LogP contribution in [0.5, 0.6) is 0 Å². The van der Waals surface area contributed by atoms with Gasteiger partial charge in [-0.3, -0.25) is 9.69 Å². The second-order valence-electron chi connectivity index (χ2n) is 7.18. The van der Waals surface area contributed by atoms with Gasteiger partial charge in [0, 0.05) is 23.4 Å². The van der Waals surface area contributed by atoms with E-state index in [1.165, 1.54) is 23.1 Å². The van der Waals surface area contributed by atoms with Crippen LogP contribution in [-0.2, 0) is 4.79 Å². The van der Waals surface area contributed by atoms with Gasteiger partial charge in [0.15, 0.2) is 10.1 Å². The zero-order chi connectivity index (χ0) is 21.3. The number of thioether (sulfide) groups is 1. The number of Topliss-reactive ketones (excluding diaryl/α,β-unsaturated/α-hetero) is 1. The molecule has 2 aliphatic rings. The molecule has 2 N–H and O–H groups in total. The largest absolute Gasteiger partial charge is 0.384 e. The van der Waals surface area contributed by atoms with Crippen molar-refractivity contribution in [2.45, 2.75) is 36.4 Å². The van der Waals surface area contributed by atoms with Gasteiger partial charge in [-0.15, -0.1) is 16.8 Å². The van der Waals surface area contributed by atoms with Crippen molar-refractivity contribution in [1.82, 2.24) is 10.2 Å². The normalized spacial score (nSPS) is 19.0. The molecule has 0 amide bonds. The van der Waals surface area contributed by atoms with Crippen LogP contribution < -0.4 is 10.6 Å². The first kappa shape index (κ1) is 20.4. The average Bonchev–Trinajstić information content (AvgIpc) is 3.20. The Kier molecular flexibility index (Phi) is 5.75. The van der Waals surface area contributed by atoms with Gasteiger partial charge in [-0.25, -0.2) is 0 Å². The number of nitriles is 1. The molecule has 0 fully saturated rings. The minimum atomic E-state index is -0.447. The molecule has 1 aliphatic heterocycles. The quantitative estimate of drug-likeness (QED) is 0.548. The van der Waals surface area contributed by atoms with Crippen molar-refractivity contribution < 1.29 is 4.79 Å². The molecule has 0 bridgehead atoms. The molecule has 0 saturated heterocycles. The number of benzene rings is 1. The molecule has 2 aromatic rings. The number of carbonyl (C=O) groups is 1. The number of nitrogens with zero attached hydrogens (tertiary/aromatic N) is 4. The Hall–Kier alpha value is -2.89. The number of aryl methyl sites for hydroxylation is 1. The third kappa shape index (κ3) is 3.55. The number of aromatic nitrogens is 2. The number of carbonyl (C=O) groups excluding carboxylic acids is 1. The van der Waals surface area contributed by atoms with Crippen LogP contribution in [0, 0.1) is 18.3 Å². The van der Waals surface area contributed by atoms with Gasteiger partial charge >= 0.3 is 0 Å². The number of rotatable bonds is 5. The highest BCUT2D eigenvalue weighted by molar-refractivity contribution is 8.01. The number of anilines is 1. The fourth-order valence-electron chi connectivity index (χ4n) is 3.88. The van der Waals surface area contributed by atoms with E-state index in [0.717, 1.165) is 33.3 Å². The average molecular weight is 436 g/mol. The predicted octanol–water partition coefficient (Wildman–Crippen LogP) is 4.43. The lowest BCUT2D eigenvalue weighted by Gasteiger charge is -2.38. The lowest BCUT2D eigenvalue weighted by molar-refractivity contribution is -0.116. The van der Waals surface area contributed by atoms with E-state index in [-0.39, 0.29) is 5.78 Å². The molecule has 0 saturated carbocycles. The summed E-state index contributed by atoms with van der Waals surface area (Å²) in [5.74, 6) is 0.675. The molecule has 6 nitrogen and oxygen atoms in total. The molecule has 1 aliphatic carbocycles. The van der Waals surface area contributed by atoms with Crippen LogP contribution >= 0.6 is 23.1 Å². The van der Waals surface area contributed by atoms with E-state index in [1.54, 1.807) is 11.0 Å². The van der Waals surface area contributed by atoms with Gasteiger partial charge in [-0.2, -0.15) is 5.26 Å². The third-order valence-corrected chi connectivity index (χ3v) is 7.27. The van der Waals surface area contributed by atoms with E-state index in [9.17, 15) is 10.1 Å². The van der Waals surface area contributed by atoms with E-state index in [2.05, 4.69) is 22.8 Å². The number of nitrogens with two attached hydrogens (primary N) is 1. The topological polar surface area (TPSA) is 95.9 Å². The summed E-state index contributed by atoms with van der Waals surface area (Å²) in [6.45, 7) is 5.74. The van der Waals surface area contributed by atoms with Crippen molar-refractivity contribution in [2.24, 2.45) is 5.73 Å². The van der Waals surface area contributed by atoms with Crippen molar-refractivity contribution in [2.75, 3.05) is 10.7 Å². The van der Waals surface area contributed by atoms with Crippen molar-refractivity contribution in [3.05, 3.63) is 70.7 Å². The molecule has 1 unspecified atom stereocenters. The van der Waals surface area contributed by atoms with Gasteiger partial charge in [-0.1, -0.05) is 59.0 Å². The van der Waals surface area contributed by atoms with Gasteiger partial charge in [-0.05, 0) is 25.3 Å². The molecule has 1 aromatic carbocycles. The predicted molar refractivity (Wildman–Crippen MR) is 120 cm³/mol. The van der Waals surface area contributed by atoms with Crippen molar-refractivity contribution in [3.8, 4) is 6.07 Å². The van der Waals surface area contributed by atoms with Crippen LogP contribution in [0.25, 0.3) is 0 Å². The Morgan fingerprint density at radius 3 is 2.83 bits per heavy atom. The van der Waals surface area contributed by atoms with Crippen LogP contribution in [-0.4, -0.2) is 21.7 Å². The van der Waals surface area contributed by atoms with Crippen LogP contribution in [0.15, 0.2) is 63.9 Å². The Morgan fingerprint density at radius 1 is 1.37 bits per heavy atom. The Bertz CT molecular complexity index is 1110. The third-order valence-electron chi connectivity index (χ3n) is 5.24. The summed E-state index contributed by atoms with van der Waals surface area (Å²) in [4.78, 5) is 14.8. The molecule has 8 heteroatoms. The number of hydrogen-bond donors (Lipinski definition) is 1. The lowest BCUT2D eigenvalue weighted by atomic mass is 9.75. The highest BCUT2D eigenvalue weighted by Gasteiger charge is 2.41. The molecule has 152 valence electrons. The van der Waals surface area contributed by atoms with E-state index in [4.69, 9.17) is 5.73 Å². The van der Waals surface area contributed by atoms with Crippen molar-refractivity contribution in [3.63, 3.8) is 0 Å². The number of ketones is 1. The van der Waals surface area contributed by atoms with Gasteiger partial charge in [0.25, 0.3) is 0 Å². The highest BCUT2D eigenvalue weighted by Crippen LogP contribution is 2.47. The van der Waals surface area contributed by atoms with Crippen LogP contribution in [0.3, 0.4) is 0 Å². The van der Waals surface area contributed by atoms with E-state index in [1.807, 2.05) is 31.2 Å². The maximum absolute atomic E-state index is 13.1. The number of hydrogen-bond acceptors (Lipinski definition) is 8.